The number of likely N-dealkylation sites (N-methyl/N-ethyl adjacent to an activating group) is 1. The Morgan fingerprint density at radius 3 is 2.32 bits per heavy atom. The van der Waals surface area contributed by atoms with Crippen LogP contribution < -0.4 is 5.32 Å². The van der Waals surface area contributed by atoms with Crippen LogP contribution in [0.25, 0.3) is 0 Å². The Hall–Kier alpha value is -2.49. The molecule has 3 rings (SSSR count). The van der Waals surface area contributed by atoms with Crippen molar-refractivity contribution in [3.05, 3.63) is 53.5 Å². The molecule has 1 saturated heterocycles. The first kappa shape index (κ1) is 17.3. The third kappa shape index (κ3) is 4.75. The molecule has 0 amide bonds. The van der Waals surface area contributed by atoms with E-state index in [1.807, 2.05) is 6.07 Å². The van der Waals surface area contributed by atoms with Gasteiger partial charge in [0.1, 0.15) is 6.07 Å². The van der Waals surface area contributed by atoms with Gasteiger partial charge in [0.2, 0.25) is 0 Å². The number of nitriles is 1. The molecule has 2 heterocycles. The first-order valence-electron chi connectivity index (χ1n) is 8.76. The van der Waals surface area contributed by atoms with E-state index in [0.717, 1.165) is 44.8 Å². The zero-order chi connectivity index (χ0) is 17.5. The van der Waals surface area contributed by atoms with Gasteiger partial charge < -0.3 is 10.2 Å². The van der Waals surface area contributed by atoms with Gasteiger partial charge >= 0.3 is 0 Å². The maximum atomic E-state index is 9.04. The van der Waals surface area contributed by atoms with Crippen molar-refractivity contribution in [2.75, 3.05) is 38.0 Å². The molecule has 1 aromatic heterocycles. The van der Waals surface area contributed by atoms with E-state index in [1.54, 1.807) is 6.20 Å². The van der Waals surface area contributed by atoms with Crippen LogP contribution in [-0.4, -0.2) is 52.5 Å². The Balaban J connectivity index is 1.51. The van der Waals surface area contributed by atoms with E-state index in [2.05, 4.69) is 56.3 Å². The van der Waals surface area contributed by atoms with Crippen LogP contribution in [0.1, 0.15) is 23.7 Å². The largest absolute Gasteiger partial charge is 0.364 e. The number of nitrogens with one attached hydrogen (secondary N) is 1. The van der Waals surface area contributed by atoms with E-state index in [-0.39, 0.29) is 0 Å². The lowest BCUT2D eigenvalue weighted by molar-refractivity contribution is 0.132. The standard InChI is InChI=1S/C19H24N6/c1-2-24-9-11-25(12-10-24)15-17-5-3-16(4-6-17)14-23-19-18(13-20)21-7-8-22-19/h3-8H,2,9-12,14-15H2,1H3,(H,22,23). The molecule has 1 fully saturated rings. The number of hydrogen-bond acceptors (Lipinski definition) is 6. The summed E-state index contributed by atoms with van der Waals surface area (Å²) in [6.07, 6.45) is 3.11. The highest BCUT2D eigenvalue weighted by Gasteiger charge is 2.15. The molecule has 6 nitrogen and oxygen atoms in total. The molecule has 1 N–H and O–H groups in total. The zero-order valence-corrected chi connectivity index (χ0v) is 14.6. The summed E-state index contributed by atoms with van der Waals surface area (Å²) >= 11 is 0. The van der Waals surface area contributed by atoms with E-state index in [1.165, 1.54) is 11.8 Å². The molecule has 130 valence electrons. The van der Waals surface area contributed by atoms with E-state index in [0.29, 0.717) is 18.1 Å². The fraction of sp³-hybridized carbons (Fsp3) is 0.421. The molecule has 1 aliphatic heterocycles. The van der Waals surface area contributed by atoms with Gasteiger partial charge in [-0.15, -0.1) is 0 Å². The molecular weight excluding hydrogens is 312 g/mol. The summed E-state index contributed by atoms with van der Waals surface area (Å²) < 4.78 is 0. The normalized spacial score (nSPS) is 15.7. The van der Waals surface area contributed by atoms with Crippen LogP contribution in [0.2, 0.25) is 0 Å². The fourth-order valence-corrected chi connectivity index (χ4v) is 3.02. The van der Waals surface area contributed by atoms with E-state index < -0.39 is 0 Å². The summed E-state index contributed by atoms with van der Waals surface area (Å²) in [5.74, 6) is 0.530. The zero-order valence-electron chi connectivity index (χ0n) is 14.6. The SMILES string of the molecule is CCN1CCN(Cc2ccc(CNc3nccnc3C#N)cc2)CC1. The van der Waals surface area contributed by atoms with Crippen molar-refractivity contribution in [1.29, 1.82) is 5.26 Å². The molecule has 0 bridgehead atoms. The van der Waals surface area contributed by atoms with Crippen molar-refractivity contribution in [2.24, 2.45) is 0 Å². The molecular formula is C19H24N6. The number of hydrogen-bond donors (Lipinski definition) is 1. The third-order valence-corrected chi connectivity index (χ3v) is 4.61. The van der Waals surface area contributed by atoms with E-state index in [4.69, 9.17) is 5.26 Å². The van der Waals surface area contributed by atoms with Crippen LogP contribution in [0.5, 0.6) is 0 Å². The summed E-state index contributed by atoms with van der Waals surface area (Å²) in [6.45, 7) is 9.62. The second kappa shape index (κ2) is 8.56. The lowest BCUT2D eigenvalue weighted by Gasteiger charge is -2.34. The van der Waals surface area contributed by atoms with Gasteiger partial charge in [-0.25, -0.2) is 9.97 Å². The summed E-state index contributed by atoms with van der Waals surface area (Å²) in [6, 6.07) is 10.7. The average Bonchev–Trinajstić information content (AvgIpc) is 2.68. The highest BCUT2D eigenvalue weighted by atomic mass is 15.3. The highest BCUT2D eigenvalue weighted by molar-refractivity contribution is 5.47. The molecule has 0 saturated carbocycles. The first-order chi connectivity index (χ1) is 12.3. The number of piperazine rings is 1. The quantitative estimate of drug-likeness (QED) is 0.871. The monoisotopic (exact) mass is 336 g/mol. The van der Waals surface area contributed by atoms with Crippen molar-refractivity contribution in [1.82, 2.24) is 19.8 Å². The van der Waals surface area contributed by atoms with Gasteiger partial charge in [0.15, 0.2) is 11.5 Å². The number of aromatic nitrogens is 2. The maximum Gasteiger partial charge on any atom is 0.182 e. The Labute approximate surface area is 149 Å². The van der Waals surface area contributed by atoms with Crippen molar-refractivity contribution in [3.63, 3.8) is 0 Å². The van der Waals surface area contributed by atoms with E-state index >= 15 is 0 Å². The van der Waals surface area contributed by atoms with Crippen molar-refractivity contribution in [3.8, 4) is 6.07 Å². The Morgan fingerprint density at radius 1 is 1.00 bits per heavy atom. The van der Waals surface area contributed by atoms with Crippen LogP contribution in [-0.2, 0) is 13.1 Å². The van der Waals surface area contributed by atoms with Gasteiger partial charge in [-0.1, -0.05) is 31.2 Å². The summed E-state index contributed by atoms with van der Waals surface area (Å²) in [7, 11) is 0. The molecule has 25 heavy (non-hydrogen) atoms. The lowest BCUT2D eigenvalue weighted by atomic mass is 10.1. The third-order valence-electron chi connectivity index (χ3n) is 4.61. The molecule has 1 aromatic carbocycles. The number of rotatable bonds is 6. The topological polar surface area (TPSA) is 68.1 Å². The fourth-order valence-electron chi connectivity index (χ4n) is 3.02. The predicted octanol–water partition coefficient (Wildman–Crippen LogP) is 2.10. The van der Waals surface area contributed by atoms with Crippen LogP contribution in [0.15, 0.2) is 36.7 Å². The summed E-state index contributed by atoms with van der Waals surface area (Å²) in [5.41, 5.74) is 2.82. The summed E-state index contributed by atoms with van der Waals surface area (Å²) in [5, 5.41) is 12.2. The minimum Gasteiger partial charge on any atom is -0.364 e. The van der Waals surface area contributed by atoms with Gasteiger partial charge in [-0.05, 0) is 17.7 Å². The summed E-state index contributed by atoms with van der Waals surface area (Å²) in [4.78, 5) is 13.2. The Kier molecular flexibility index (Phi) is 5.94. The van der Waals surface area contributed by atoms with Crippen LogP contribution in [0, 0.1) is 11.3 Å². The molecule has 0 atom stereocenters. The molecule has 2 aromatic rings. The minimum absolute atomic E-state index is 0.324. The molecule has 6 heteroatoms. The number of anilines is 1. The number of benzene rings is 1. The van der Waals surface area contributed by atoms with Crippen molar-refractivity contribution < 1.29 is 0 Å². The van der Waals surface area contributed by atoms with Gasteiger partial charge in [0.25, 0.3) is 0 Å². The minimum atomic E-state index is 0.324. The Morgan fingerprint density at radius 2 is 1.64 bits per heavy atom. The van der Waals surface area contributed by atoms with Crippen LogP contribution in [0.3, 0.4) is 0 Å². The smallest absolute Gasteiger partial charge is 0.182 e. The van der Waals surface area contributed by atoms with Crippen LogP contribution in [0.4, 0.5) is 5.82 Å². The van der Waals surface area contributed by atoms with Crippen molar-refractivity contribution >= 4 is 5.82 Å². The van der Waals surface area contributed by atoms with Crippen LogP contribution >= 0.6 is 0 Å². The van der Waals surface area contributed by atoms with Gasteiger partial charge in [0.05, 0.1) is 0 Å². The molecule has 0 aliphatic carbocycles. The lowest BCUT2D eigenvalue weighted by Crippen LogP contribution is -2.45. The molecule has 0 radical (unpaired) electrons. The second-order valence-corrected chi connectivity index (χ2v) is 6.25. The molecule has 1 aliphatic rings. The predicted molar refractivity (Wildman–Crippen MR) is 97.9 cm³/mol. The van der Waals surface area contributed by atoms with Gasteiger partial charge in [0, 0.05) is 51.7 Å². The van der Waals surface area contributed by atoms with Gasteiger partial charge in [-0.2, -0.15) is 5.26 Å². The first-order valence-corrected chi connectivity index (χ1v) is 8.76. The molecule has 0 spiro atoms. The highest BCUT2D eigenvalue weighted by Crippen LogP contribution is 2.12. The Bertz CT molecular complexity index is 713. The second-order valence-electron chi connectivity index (χ2n) is 6.25. The number of nitrogens with zero attached hydrogens (tertiary/aromatic N) is 5. The van der Waals surface area contributed by atoms with Crippen molar-refractivity contribution in [2.45, 2.75) is 20.0 Å². The van der Waals surface area contributed by atoms with E-state index in [9.17, 15) is 0 Å². The van der Waals surface area contributed by atoms with Gasteiger partial charge in [-0.3, -0.25) is 4.90 Å². The molecule has 0 unspecified atom stereocenters. The maximum absolute atomic E-state index is 9.04. The average molecular weight is 336 g/mol.